The Balaban J connectivity index is 1.51. The fourth-order valence-corrected chi connectivity index (χ4v) is 5.09. The Morgan fingerprint density at radius 1 is 1.04 bits per heavy atom. The highest BCUT2D eigenvalue weighted by Gasteiger charge is 2.30. The molecule has 0 radical (unpaired) electrons. The van der Waals surface area contributed by atoms with E-state index in [4.69, 9.17) is 33.2 Å². The van der Waals surface area contributed by atoms with Gasteiger partial charge in [-0.05, 0) is 42.5 Å². The van der Waals surface area contributed by atoms with Crippen LogP contribution >= 0.6 is 23.2 Å². The number of rotatable bonds is 6. The van der Waals surface area contributed by atoms with Crippen molar-refractivity contribution in [3.8, 4) is 11.8 Å². The summed E-state index contributed by atoms with van der Waals surface area (Å²) in [6.07, 6.45) is 0. The molecule has 148 valence electrons. The Hall–Kier alpha value is -1.82. The highest BCUT2D eigenvalue weighted by molar-refractivity contribution is 7.89. The van der Waals surface area contributed by atoms with Gasteiger partial charge >= 0.3 is 0 Å². The molecule has 1 saturated heterocycles. The number of ether oxygens (including phenoxy) is 1. The second-order valence-corrected chi connectivity index (χ2v) is 9.06. The molecule has 9 heteroatoms. The lowest BCUT2D eigenvalue weighted by Gasteiger charge is -2.34. The first-order valence-corrected chi connectivity index (χ1v) is 10.9. The van der Waals surface area contributed by atoms with Crippen LogP contribution in [-0.4, -0.2) is 57.0 Å². The predicted octanol–water partition coefficient (Wildman–Crippen LogP) is 3.25. The molecule has 1 aliphatic rings. The van der Waals surface area contributed by atoms with Gasteiger partial charge in [-0.2, -0.15) is 9.57 Å². The van der Waals surface area contributed by atoms with Crippen molar-refractivity contribution < 1.29 is 13.2 Å². The van der Waals surface area contributed by atoms with Gasteiger partial charge in [-0.1, -0.05) is 23.2 Å². The van der Waals surface area contributed by atoms with Crippen LogP contribution in [0.1, 0.15) is 5.56 Å². The largest absolute Gasteiger partial charge is 0.492 e. The zero-order valence-electron chi connectivity index (χ0n) is 15.0. The van der Waals surface area contributed by atoms with Gasteiger partial charge in [0.05, 0.1) is 16.7 Å². The summed E-state index contributed by atoms with van der Waals surface area (Å²) in [5, 5.41) is 9.30. The summed E-state index contributed by atoms with van der Waals surface area (Å²) >= 11 is 12.0. The summed E-state index contributed by atoms with van der Waals surface area (Å²) in [5.74, 6) is 0.704. The zero-order chi connectivity index (χ0) is 20.1. The summed E-state index contributed by atoms with van der Waals surface area (Å²) in [6, 6.07) is 13.4. The molecule has 28 heavy (non-hydrogen) atoms. The van der Waals surface area contributed by atoms with E-state index >= 15 is 0 Å². The topological polar surface area (TPSA) is 73.6 Å². The van der Waals surface area contributed by atoms with E-state index in [1.165, 1.54) is 16.4 Å². The maximum atomic E-state index is 12.8. The van der Waals surface area contributed by atoms with Crippen LogP contribution in [0.2, 0.25) is 10.0 Å². The van der Waals surface area contributed by atoms with Crippen molar-refractivity contribution in [2.24, 2.45) is 0 Å². The molecule has 0 atom stereocenters. The molecule has 0 amide bonds. The molecular weight excluding hydrogens is 421 g/mol. The second-order valence-electron chi connectivity index (χ2n) is 6.31. The van der Waals surface area contributed by atoms with Crippen molar-refractivity contribution >= 4 is 33.2 Å². The Labute approximate surface area is 174 Å². The highest BCUT2D eigenvalue weighted by Crippen LogP contribution is 2.28. The third-order valence-electron chi connectivity index (χ3n) is 4.50. The number of piperazine rings is 1. The van der Waals surface area contributed by atoms with Crippen molar-refractivity contribution in [1.82, 2.24) is 9.21 Å². The summed E-state index contributed by atoms with van der Waals surface area (Å²) in [4.78, 5) is 2.19. The molecule has 0 saturated carbocycles. The van der Waals surface area contributed by atoms with Crippen LogP contribution in [0.3, 0.4) is 0 Å². The van der Waals surface area contributed by atoms with Crippen LogP contribution < -0.4 is 4.74 Å². The highest BCUT2D eigenvalue weighted by atomic mass is 35.5. The number of hydrogen-bond donors (Lipinski definition) is 0. The Morgan fingerprint density at radius 3 is 2.36 bits per heavy atom. The molecule has 3 rings (SSSR count). The molecule has 6 nitrogen and oxygen atoms in total. The molecule has 0 bridgehead atoms. The third-order valence-corrected chi connectivity index (χ3v) is 7.12. The zero-order valence-corrected chi connectivity index (χ0v) is 17.3. The molecule has 2 aromatic carbocycles. The van der Waals surface area contributed by atoms with Crippen LogP contribution in [0.15, 0.2) is 47.4 Å². The van der Waals surface area contributed by atoms with Crippen molar-refractivity contribution in [1.29, 1.82) is 5.26 Å². The first-order chi connectivity index (χ1) is 13.4. The van der Waals surface area contributed by atoms with E-state index in [1.54, 1.807) is 30.3 Å². The fraction of sp³-hybridized carbons (Fsp3) is 0.316. The number of hydrogen-bond acceptors (Lipinski definition) is 5. The van der Waals surface area contributed by atoms with Crippen molar-refractivity contribution in [2.45, 2.75) is 4.90 Å². The maximum Gasteiger partial charge on any atom is 0.244 e. The number of nitrogens with zero attached hydrogens (tertiary/aromatic N) is 3. The monoisotopic (exact) mass is 439 g/mol. The molecule has 1 fully saturated rings. The molecular formula is C19H19Cl2N3O3S. The minimum Gasteiger partial charge on any atom is -0.492 e. The standard InChI is InChI=1S/C19H19Cl2N3O3S/c20-16-3-6-18(21)19(13-16)28(25,26)24-9-7-23(8-10-24)11-12-27-17-4-1-15(14-22)2-5-17/h1-6,13H,7-12H2. The molecule has 0 N–H and O–H groups in total. The van der Waals surface area contributed by atoms with Gasteiger partial charge in [0.2, 0.25) is 10.0 Å². The van der Waals surface area contributed by atoms with Gasteiger partial charge in [0.1, 0.15) is 17.3 Å². The van der Waals surface area contributed by atoms with Crippen LogP contribution in [0.5, 0.6) is 5.75 Å². The quantitative estimate of drug-likeness (QED) is 0.690. The lowest BCUT2D eigenvalue weighted by Crippen LogP contribution is -2.49. The minimum atomic E-state index is -3.68. The predicted molar refractivity (Wildman–Crippen MR) is 108 cm³/mol. The van der Waals surface area contributed by atoms with E-state index in [0.29, 0.717) is 55.7 Å². The van der Waals surface area contributed by atoms with E-state index < -0.39 is 10.0 Å². The van der Waals surface area contributed by atoms with Gasteiger partial charge in [0.25, 0.3) is 0 Å². The average Bonchev–Trinajstić information content (AvgIpc) is 2.70. The smallest absolute Gasteiger partial charge is 0.244 e. The first kappa shape index (κ1) is 20.9. The molecule has 0 spiro atoms. The first-order valence-electron chi connectivity index (χ1n) is 8.70. The van der Waals surface area contributed by atoms with Crippen molar-refractivity contribution in [3.63, 3.8) is 0 Å². The molecule has 0 aliphatic carbocycles. The van der Waals surface area contributed by atoms with Gasteiger partial charge in [0.15, 0.2) is 0 Å². The van der Waals surface area contributed by atoms with E-state index in [9.17, 15) is 8.42 Å². The Bertz CT molecular complexity index is 967. The number of benzene rings is 2. The fourth-order valence-electron chi connectivity index (χ4n) is 2.93. The Kier molecular flexibility index (Phi) is 6.81. The second kappa shape index (κ2) is 9.12. The molecule has 0 unspecified atom stereocenters. The number of nitriles is 1. The lowest BCUT2D eigenvalue weighted by molar-refractivity contribution is 0.159. The third kappa shape index (κ3) is 4.96. The van der Waals surface area contributed by atoms with Gasteiger partial charge in [-0.25, -0.2) is 8.42 Å². The molecule has 0 aromatic heterocycles. The van der Waals surface area contributed by atoms with Gasteiger partial charge in [0, 0.05) is 37.7 Å². The van der Waals surface area contributed by atoms with E-state index in [0.717, 1.165) is 0 Å². The lowest BCUT2D eigenvalue weighted by atomic mass is 10.2. The SMILES string of the molecule is N#Cc1ccc(OCCN2CCN(S(=O)(=O)c3cc(Cl)ccc3Cl)CC2)cc1. The van der Waals surface area contributed by atoms with Crippen LogP contribution in [0.25, 0.3) is 0 Å². The van der Waals surface area contributed by atoms with Gasteiger partial charge < -0.3 is 4.74 Å². The number of sulfonamides is 1. The van der Waals surface area contributed by atoms with Crippen LogP contribution in [0, 0.1) is 11.3 Å². The van der Waals surface area contributed by atoms with E-state index in [1.807, 2.05) is 0 Å². The summed E-state index contributed by atoms with van der Waals surface area (Å²) < 4.78 is 32.8. The van der Waals surface area contributed by atoms with Crippen molar-refractivity contribution in [2.75, 3.05) is 39.3 Å². The molecule has 2 aromatic rings. The molecule has 1 heterocycles. The summed E-state index contributed by atoms with van der Waals surface area (Å²) in [7, 11) is -3.68. The maximum absolute atomic E-state index is 12.8. The van der Waals surface area contributed by atoms with E-state index in [-0.39, 0.29) is 9.92 Å². The summed E-state index contributed by atoms with van der Waals surface area (Å²) in [6.45, 7) is 3.14. The normalized spacial score (nSPS) is 15.9. The summed E-state index contributed by atoms with van der Waals surface area (Å²) in [5.41, 5.74) is 0.587. The van der Waals surface area contributed by atoms with E-state index in [2.05, 4.69) is 11.0 Å². The van der Waals surface area contributed by atoms with Crippen LogP contribution in [-0.2, 0) is 10.0 Å². The Morgan fingerprint density at radius 2 is 1.71 bits per heavy atom. The average molecular weight is 440 g/mol. The van der Waals surface area contributed by atoms with Gasteiger partial charge in [-0.3, -0.25) is 4.90 Å². The van der Waals surface area contributed by atoms with Crippen molar-refractivity contribution in [3.05, 3.63) is 58.1 Å². The number of halogens is 2. The minimum absolute atomic E-state index is 0.0410. The van der Waals surface area contributed by atoms with Crippen LogP contribution in [0.4, 0.5) is 0 Å². The van der Waals surface area contributed by atoms with Gasteiger partial charge in [-0.15, -0.1) is 0 Å². The molecule has 1 aliphatic heterocycles.